The molecule has 0 radical (unpaired) electrons. The summed E-state index contributed by atoms with van der Waals surface area (Å²) in [6, 6.07) is 5.24. The number of amides is 1. The molecule has 1 N–H and O–H groups in total. The molecule has 1 aromatic carbocycles. The smallest absolute Gasteiger partial charge is 0.311 e. The summed E-state index contributed by atoms with van der Waals surface area (Å²) in [5.41, 5.74) is 0.690. The van der Waals surface area contributed by atoms with Crippen LogP contribution in [0.15, 0.2) is 30.3 Å². The molecule has 6 heteroatoms. The van der Waals surface area contributed by atoms with Crippen LogP contribution in [-0.2, 0) is 14.3 Å². The van der Waals surface area contributed by atoms with Gasteiger partial charge in [-0.05, 0) is 23.8 Å². The van der Waals surface area contributed by atoms with E-state index in [0.717, 1.165) is 0 Å². The van der Waals surface area contributed by atoms with Crippen LogP contribution in [0, 0.1) is 11.7 Å². The second-order valence-electron chi connectivity index (χ2n) is 4.88. The van der Waals surface area contributed by atoms with E-state index in [1.807, 2.05) is 0 Å². The zero-order valence-corrected chi connectivity index (χ0v) is 11.5. The third-order valence-corrected chi connectivity index (χ3v) is 3.50. The van der Waals surface area contributed by atoms with Gasteiger partial charge in [-0.15, -0.1) is 0 Å². The van der Waals surface area contributed by atoms with Crippen LogP contribution in [0.1, 0.15) is 5.56 Å². The Kier molecular flexibility index (Phi) is 4.70. The number of rotatable bonds is 4. The van der Waals surface area contributed by atoms with Gasteiger partial charge < -0.3 is 14.7 Å². The molecule has 1 aliphatic heterocycles. The van der Waals surface area contributed by atoms with Crippen molar-refractivity contribution in [3.05, 3.63) is 41.7 Å². The average Bonchev–Trinajstić information content (AvgIpc) is 2.95. The lowest BCUT2D eigenvalue weighted by Gasteiger charge is -2.25. The fraction of sp³-hybridized carbons (Fsp3) is 0.333. The summed E-state index contributed by atoms with van der Waals surface area (Å²) in [5, 5.41) is 9.08. The maximum atomic E-state index is 12.8. The summed E-state index contributed by atoms with van der Waals surface area (Å²) >= 11 is 0. The summed E-state index contributed by atoms with van der Waals surface area (Å²) in [6.45, 7) is 0.322. The van der Waals surface area contributed by atoms with E-state index < -0.39 is 17.9 Å². The fourth-order valence-corrected chi connectivity index (χ4v) is 2.18. The van der Waals surface area contributed by atoms with E-state index in [9.17, 15) is 14.0 Å². The second kappa shape index (κ2) is 6.49. The van der Waals surface area contributed by atoms with E-state index in [0.29, 0.717) is 5.56 Å². The van der Waals surface area contributed by atoms with Gasteiger partial charge in [0.05, 0.1) is 19.3 Å². The molecule has 0 spiro atoms. The van der Waals surface area contributed by atoms with Crippen LogP contribution in [0.5, 0.6) is 0 Å². The highest BCUT2D eigenvalue weighted by Crippen LogP contribution is 2.19. The van der Waals surface area contributed by atoms with Crippen molar-refractivity contribution in [2.75, 3.05) is 20.3 Å². The minimum Gasteiger partial charge on any atom is -0.481 e. The Hall–Kier alpha value is -2.21. The van der Waals surface area contributed by atoms with E-state index >= 15 is 0 Å². The molecular formula is C15H16FNO4. The number of ether oxygens (including phenoxy) is 1. The number of hydrogen-bond donors (Lipinski definition) is 1. The standard InChI is InChI=1S/C15H16FNO4/c1-17(13-9-21-8-12(13)15(19)20)14(18)7-4-10-2-5-11(16)6-3-10/h2-7,12-13H,8-9H2,1H3,(H,19,20). The summed E-state index contributed by atoms with van der Waals surface area (Å²) in [6.07, 6.45) is 2.90. The van der Waals surface area contributed by atoms with Gasteiger partial charge in [0, 0.05) is 13.1 Å². The summed E-state index contributed by atoms with van der Waals surface area (Å²) in [7, 11) is 1.55. The van der Waals surface area contributed by atoms with Gasteiger partial charge in [-0.1, -0.05) is 12.1 Å². The first-order chi connectivity index (χ1) is 9.99. The molecular weight excluding hydrogens is 277 g/mol. The minimum atomic E-state index is -0.973. The average molecular weight is 293 g/mol. The number of carbonyl (C=O) groups is 2. The van der Waals surface area contributed by atoms with Crippen LogP contribution in [0.3, 0.4) is 0 Å². The number of hydrogen-bond acceptors (Lipinski definition) is 3. The lowest BCUT2D eigenvalue weighted by molar-refractivity contribution is -0.143. The number of carboxylic acid groups (broad SMARTS) is 1. The molecule has 0 aromatic heterocycles. The molecule has 1 saturated heterocycles. The monoisotopic (exact) mass is 293 g/mol. The van der Waals surface area contributed by atoms with Crippen molar-refractivity contribution in [3.8, 4) is 0 Å². The number of benzene rings is 1. The number of carbonyl (C=O) groups excluding carboxylic acids is 1. The topological polar surface area (TPSA) is 66.8 Å². The molecule has 112 valence electrons. The Morgan fingerprint density at radius 2 is 2.00 bits per heavy atom. The van der Waals surface area contributed by atoms with Gasteiger partial charge in [0.1, 0.15) is 11.7 Å². The molecule has 1 heterocycles. The number of carboxylic acids is 1. The molecule has 5 nitrogen and oxygen atoms in total. The lowest BCUT2D eigenvalue weighted by Crippen LogP contribution is -2.43. The Morgan fingerprint density at radius 1 is 1.33 bits per heavy atom. The van der Waals surface area contributed by atoms with Crippen LogP contribution in [0.2, 0.25) is 0 Å². The number of nitrogens with zero attached hydrogens (tertiary/aromatic N) is 1. The van der Waals surface area contributed by atoms with Gasteiger partial charge in [0.25, 0.3) is 0 Å². The molecule has 21 heavy (non-hydrogen) atoms. The van der Waals surface area contributed by atoms with Gasteiger partial charge in [-0.25, -0.2) is 4.39 Å². The van der Waals surface area contributed by atoms with Crippen LogP contribution in [-0.4, -0.2) is 48.2 Å². The quantitative estimate of drug-likeness (QED) is 0.852. The van der Waals surface area contributed by atoms with Gasteiger partial charge in [0.15, 0.2) is 0 Å². The van der Waals surface area contributed by atoms with Crippen LogP contribution >= 0.6 is 0 Å². The van der Waals surface area contributed by atoms with E-state index in [1.54, 1.807) is 25.3 Å². The van der Waals surface area contributed by atoms with Crippen molar-refractivity contribution < 1.29 is 23.8 Å². The molecule has 2 atom stereocenters. The maximum absolute atomic E-state index is 12.8. The number of halogens is 1. The zero-order chi connectivity index (χ0) is 15.4. The van der Waals surface area contributed by atoms with Gasteiger partial charge in [-0.3, -0.25) is 9.59 Å². The predicted octanol–water partition coefficient (Wildman–Crippen LogP) is 1.40. The fourth-order valence-electron chi connectivity index (χ4n) is 2.18. The molecule has 0 aliphatic carbocycles. The van der Waals surface area contributed by atoms with Crippen molar-refractivity contribution in [1.82, 2.24) is 4.90 Å². The van der Waals surface area contributed by atoms with E-state index in [1.165, 1.54) is 23.1 Å². The van der Waals surface area contributed by atoms with Crippen molar-refractivity contribution >= 4 is 18.0 Å². The second-order valence-corrected chi connectivity index (χ2v) is 4.88. The first-order valence-electron chi connectivity index (χ1n) is 6.50. The summed E-state index contributed by atoms with van der Waals surface area (Å²) < 4.78 is 17.9. The highest BCUT2D eigenvalue weighted by Gasteiger charge is 2.37. The highest BCUT2D eigenvalue weighted by atomic mass is 19.1. The highest BCUT2D eigenvalue weighted by molar-refractivity contribution is 5.92. The zero-order valence-electron chi connectivity index (χ0n) is 11.5. The van der Waals surface area contributed by atoms with Crippen molar-refractivity contribution in [1.29, 1.82) is 0 Å². The summed E-state index contributed by atoms with van der Waals surface area (Å²) in [4.78, 5) is 24.5. The van der Waals surface area contributed by atoms with Crippen LogP contribution in [0.4, 0.5) is 4.39 Å². The Labute approximate surface area is 121 Å². The maximum Gasteiger partial charge on any atom is 0.311 e. The molecule has 0 saturated carbocycles. The SMILES string of the molecule is CN(C(=O)C=Cc1ccc(F)cc1)C1COCC1C(=O)O. The Morgan fingerprint density at radius 3 is 2.62 bits per heavy atom. The Balaban J connectivity index is 2.02. The molecule has 2 unspecified atom stereocenters. The molecule has 1 fully saturated rings. The van der Waals surface area contributed by atoms with Crippen LogP contribution in [0.25, 0.3) is 6.08 Å². The Bertz CT molecular complexity index is 555. The lowest BCUT2D eigenvalue weighted by atomic mass is 10.0. The third-order valence-electron chi connectivity index (χ3n) is 3.50. The largest absolute Gasteiger partial charge is 0.481 e. The van der Waals surface area contributed by atoms with E-state index in [-0.39, 0.29) is 24.9 Å². The summed E-state index contributed by atoms with van der Waals surface area (Å²) in [5.74, 6) is -2.35. The number of likely N-dealkylation sites (N-methyl/N-ethyl adjacent to an activating group) is 1. The first kappa shape index (κ1) is 15.2. The van der Waals surface area contributed by atoms with E-state index in [4.69, 9.17) is 9.84 Å². The number of aliphatic carboxylic acids is 1. The van der Waals surface area contributed by atoms with Crippen molar-refractivity contribution in [2.24, 2.45) is 5.92 Å². The van der Waals surface area contributed by atoms with Gasteiger partial charge in [-0.2, -0.15) is 0 Å². The van der Waals surface area contributed by atoms with Gasteiger partial charge >= 0.3 is 5.97 Å². The van der Waals surface area contributed by atoms with Crippen LogP contribution < -0.4 is 0 Å². The predicted molar refractivity (Wildman–Crippen MR) is 73.9 cm³/mol. The normalized spacial score (nSPS) is 21.6. The van der Waals surface area contributed by atoms with Crippen molar-refractivity contribution in [3.63, 3.8) is 0 Å². The minimum absolute atomic E-state index is 0.110. The van der Waals surface area contributed by atoms with Crippen molar-refractivity contribution in [2.45, 2.75) is 6.04 Å². The van der Waals surface area contributed by atoms with E-state index in [2.05, 4.69) is 0 Å². The molecule has 0 bridgehead atoms. The van der Waals surface area contributed by atoms with Gasteiger partial charge in [0.2, 0.25) is 5.91 Å². The molecule has 2 rings (SSSR count). The molecule has 1 aromatic rings. The first-order valence-corrected chi connectivity index (χ1v) is 6.50. The third kappa shape index (κ3) is 3.66. The molecule has 1 aliphatic rings. The molecule has 1 amide bonds.